The van der Waals surface area contributed by atoms with Crippen molar-refractivity contribution in [3.05, 3.63) is 35.6 Å². The van der Waals surface area contributed by atoms with E-state index in [1.807, 2.05) is 6.08 Å². The summed E-state index contributed by atoms with van der Waals surface area (Å²) in [5.41, 5.74) is 4.23. The second kappa shape index (κ2) is 4.15. The molecule has 1 aliphatic rings. The smallest absolute Gasteiger partial charge is 0.0325 e. The molecule has 0 saturated heterocycles. The lowest BCUT2D eigenvalue weighted by Crippen LogP contribution is -2.16. The zero-order chi connectivity index (χ0) is 8.97. The second-order valence-electron chi connectivity index (χ2n) is 3.32. The van der Waals surface area contributed by atoms with E-state index >= 15 is 0 Å². The summed E-state index contributed by atoms with van der Waals surface area (Å²) in [7, 11) is 0. The van der Waals surface area contributed by atoms with Gasteiger partial charge < -0.3 is 5.32 Å². The minimum atomic E-state index is 0.875. The molecule has 1 heteroatoms. The number of allylic oxidation sites excluding steroid dienone is 4. The molecular weight excluding hydrogens is 146 g/mol. The van der Waals surface area contributed by atoms with Gasteiger partial charge in [0.1, 0.15) is 0 Å². The fourth-order valence-electron chi connectivity index (χ4n) is 1.47. The van der Waals surface area contributed by atoms with Gasteiger partial charge in [0.05, 0.1) is 0 Å². The molecule has 0 saturated carbocycles. The highest BCUT2D eigenvalue weighted by molar-refractivity contribution is 5.30. The van der Waals surface area contributed by atoms with Crippen molar-refractivity contribution in [2.75, 3.05) is 6.54 Å². The van der Waals surface area contributed by atoms with Gasteiger partial charge in [-0.25, -0.2) is 0 Å². The minimum Gasteiger partial charge on any atom is -0.385 e. The molecular formula is C11H17N. The number of hydrogen-bond acceptors (Lipinski definition) is 1. The molecule has 12 heavy (non-hydrogen) atoms. The van der Waals surface area contributed by atoms with E-state index in [0.717, 1.165) is 13.0 Å². The van der Waals surface area contributed by atoms with E-state index in [1.165, 1.54) is 23.3 Å². The molecule has 1 N–H and O–H groups in total. The molecule has 0 atom stereocenters. The SMILES string of the molecule is C=CCNC1=C(C)C=C(C)CC1. The van der Waals surface area contributed by atoms with E-state index < -0.39 is 0 Å². The van der Waals surface area contributed by atoms with Gasteiger partial charge in [-0.1, -0.05) is 17.7 Å². The first kappa shape index (κ1) is 9.11. The van der Waals surface area contributed by atoms with Gasteiger partial charge in [0.15, 0.2) is 0 Å². The van der Waals surface area contributed by atoms with Gasteiger partial charge in [-0.15, -0.1) is 6.58 Å². The van der Waals surface area contributed by atoms with Gasteiger partial charge in [0.2, 0.25) is 0 Å². The molecule has 1 nitrogen and oxygen atoms in total. The van der Waals surface area contributed by atoms with Crippen molar-refractivity contribution in [3.8, 4) is 0 Å². The molecule has 0 amide bonds. The molecule has 0 radical (unpaired) electrons. The Labute approximate surface area is 74.9 Å². The van der Waals surface area contributed by atoms with Crippen LogP contribution >= 0.6 is 0 Å². The average molecular weight is 163 g/mol. The van der Waals surface area contributed by atoms with Crippen molar-refractivity contribution in [1.82, 2.24) is 5.32 Å². The van der Waals surface area contributed by atoms with E-state index in [0.29, 0.717) is 0 Å². The number of rotatable bonds is 3. The molecule has 0 unspecified atom stereocenters. The van der Waals surface area contributed by atoms with E-state index in [4.69, 9.17) is 0 Å². The summed E-state index contributed by atoms with van der Waals surface area (Å²) >= 11 is 0. The molecule has 66 valence electrons. The Morgan fingerprint density at radius 3 is 2.83 bits per heavy atom. The van der Waals surface area contributed by atoms with Gasteiger partial charge in [-0.3, -0.25) is 0 Å². The van der Waals surface area contributed by atoms with E-state index in [1.54, 1.807) is 0 Å². The monoisotopic (exact) mass is 163 g/mol. The quantitative estimate of drug-likeness (QED) is 0.631. The van der Waals surface area contributed by atoms with Crippen molar-refractivity contribution >= 4 is 0 Å². The van der Waals surface area contributed by atoms with Crippen LogP contribution in [0.4, 0.5) is 0 Å². The molecule has 1 aliphatic carbocycles. The Morgan fingerprint density at radius 2 is 2.25 bits per heavy atom. The van der Waals surface area contributed by atoms with Crippen molar-refractivity contribution in [2.45, 2.75) is 26.7 Å². The van der Waals surface area contributed by atoms with Crippen molar-refractivity contribution < 1.29 is 0 Å². The lowest BCUT2D eigenvalue weighted by molar-refractivity contribution is 0.767. The highest BCUT2D eigenvalue weighted by atomic mass is 14.9. The molecule has 0 aliphatic heterocycles. The Bertz CT molecular complexity index is 233. The second-order valence-corrected chi connectivity index (χ2v) is 3.32. The molecule has 0 heterocycles. The van der Waals surface area contributed by atoms with Gasteiger partial charge in [0.25, 0.3) is 0 Å². The van der Waals surface area contributed by atoms with Crippen LogP contribution in [0.2, 0.25) is 0 Å². The zero-order valence-electron chi connectivity index (χ0n) is 7.98. The Hall–Kier alpha value is -0.980. The normalized spacial score (nSPS) is 17.3. The summed E-state index contributed by atoms with van der Waals surface area (Å²) in [5, 5.41) is 3.36. The summed E-state index contributed by atoms with van der Waals surface area (Å²) in [6.07, 6.45) is 6.50. The molecule has 1 rings (SSSR count). The Morgan fingerprint density at radius 1 is 1.50 bits per heavy atom. The third kappa shape index (κ3) is 2.26. The third-order valence-electron chi connectivity index (χ3n) is 2.17. The zero-order valence-corrected chi connectivity index (χ0v) is 7.98. The van der Waals surface area contributed by atoms with E-state index in [9.17, 15) is 0 Å². The number of hydrogen-bond donors (Lipinski definition) is 1. The average Bonchev–Trinajstić information content (AvgIpc) is 2.03. The van der Waals surface area contributed by atoms with Crippen molar-refractivity contribution in [1.29, 1.82) is 0 Å². The van der Waals surface area contributed by atoms with Crippen LogP contribution < -0.4 is 5.32 Å². The molecule has 0 spiro atoms. The van der Waals surface area contributed by atoms with Crippen molar-refractivity contribution in [3.63, 3.8) is 0 Å². The van der Waals surface area contributed by atoms with Crippen molar-refractivity contribution in [2.24, 2.45) is 0 Å². The van der Waals surface area contributed by atoms with Crippen LogP contribution in [-0.4, -0.2) is 6.54 Å². The first-order valence-electron chi connectivity index (χ1n) is 4.45. The van der Waals surface area contributed by atoms with E-state index in [-0.39, 0.29) is 0 Å². The van der Waals surface area contributed by atoms with Gasteiger partial charge in [-0.2, -0.15) is 0 Å². The topological polar surface area (TPSA) is 12.0 Å². The molecule has 0 aromatic carbocycles. The maximum Gasteiger partial charge on any atom is 0.0325 e. The Balaban J connectivity index is 2.62. The predicted octanol–water partition coefficient (Wildman–Crippen LogP) is 2.78. The van der Waals surface area contributed by atoms with Gasteiger partial charge in [-0.05, 0) is 32.3 Å². The maximum atomic E-state index is 3.68. The highest BCUT2D eigenvalue weighted by Crippen LogP contribution is 2.21. The highest BCUT2D eigenvalue weighted by Gasteiger charge is 2.06. The van der Waals surface area contributed by atoms with Crippen LogP contribution in [0.3, 0.4) is 0 Å². The first-order chi connectivity index (χ1) is 5.74. The fourth-order valence-corrected chi connectivity index (χ4v) is 1.47. The third-order valence-corrected chi connectivity index (χ3v) is 2.17. The van der Waals surface area contributed by atoms with Crippen LogP contribution in [0.5, 0.6) is 0 Å². The van der Waals surface area contributed by atoms with Crippen LogP contribution in [0.15, 0.2) is 35.6 Å². The fraction of sp³-hybridized carbons (Fsp3) is 0.455. The summed E-state index contributed by atoms with van der Waals surface area (Å²) < 4.78 is 0. The summed E-state index contributed by atoms with van der Waals surface area (Å²) in [5.74, 6) is 0. The first-order valence-corrected chi connectivity index (χ1v) is 4.45. The minimum absolute atomic E-state index is 0.875. The maximum absolute atomic E-state index is 3.68. The van der Waals surface area contributed by atoms with Crippen LogP contribution in [0.25, 0.3) is 0 Å². The largest absolute Gasteiger partial charge is 0.385 e. The summed E-state index contributed by atoms with van der Waals surface area (Å²) in [4.78, 5) is 0. The van der Waals surface area contributed by atoms with Crippen LogP contribution in [-0.2, 0) is 0 Å². The van der Waals surface area contributed by atoms with Crippen LogP contribution in [0.1, 0.15) is 26.7 Å². The van der Waals surface area contributed by atoms with Gasteiger partial charge in [0, 0.05) is 12.2 Å². The molecule has 0 aromatic rings. The lowest BCUT2D eigenvalue weighted by atomic mass is 9.98. The standard InChI is InChI=1S/C11H17N/c1-4-7-12-11-6-5-9(2)8-10(11)3/h4,8,12H,1,5-7H2,2-3H3. The summed E-state index contributed by atoms with van der Waals surface area (Å²) in [6.45, 7) is 8.91. The van der Waals surface area contributed by atoms with E-state index in [2.05, 4.69) is 31.8 Å². The van der Waals surface area contributed by atoms with Crippen LogP contribution in [0, 0.1) is 0 Å². The predicted molar refractivity (Wildman–Crippen MR) is 53.9 cm³/mol. The number of nitrogens with one attached hydrogen (secondary N) is 1. The molecule has 0 bridgehead atoms. The molecule has 0 fully saturated rings. The Kier molecular flexibility index (Phi) is 3.15. The molecule has 0 aromatic heterocycles. The van der Waals surface area contributed by atoms with Gasteiger partial charge >= 0.3 is 0 Å². The lowest BCUT2D eigenvalue weighted by Gasteiger charge is -2.17. The summed E-state index contributed by atoms with van der Waals surface area (Å²) in [6, 6.07) is 0.